The predicted molar refractivity (Wildman–Crippen MR) is 105 cm³/mol. The van der Waals surface area contributed by atoms with E-state index in [9.17, 15) is 19.2 Å². The molecule has 0 unspecified atom stereocenters. The number of nitrogens with zero attached hydrogens (tertiary/aromatic N) is 3. The van der Waals surface area contributed by atoms with E-state index in [4.69, 9.17) is 0 Å². The summed E-state index contributed by atoms with van der Waals surface area (Å²) in [6, 6.07) is 12.2. The number of hydrogen-bond donors (Lipinski definition) is 1. The number of fused-ring (bicyclic) bond motifs is 1. The number of aromatic amines is 1. The Bertz CT molecular complexity index is 1160. The summed E-state index contributed by atoms with van der Waals surface area (Å²) in [5, 5.41) is 0. The first-order chi connectivity index (χ1) is 14.0. The van der Waals surface area contributed by atoms with Gasteiger partial charge in [0.2, 0.25) is 23.6 Å². The Balaban J connectivity index is 1.46. The number of H-pyrrole nitrogens is 1. The van der Waals surface area contributed by atoms with Crippen LogP contribution in [0, 0.1) is 0 Å². The van der Waals surface area contributed by atoms with Crippen LogP contribution in [0.1, 0.15) is 25.7 Å². The molecule has 1 N–H and O–H groups in total. The molecule has 5 rings (SSSR count). The van der Waals surface area contributed by atoms with Gasteiger partial charge in [-0.1, -0.05) is 0 Å². The number of nitrogens with one attached hydrogen (secondary N) is 1. The maximum absolute atomic E-state index is 12.0. The van der Waals surface area contributed by atoms with Crippen molar-refractivity contribution in [2.24, 2.45) is 0 Å². The quantitative estimate of drug-likeness (QED) is 0.695. The van der Waals surface area contributed by atoms with E-state index < -0.39 is 0 Å². The van der Waals surface area contributed by atoms with Gasteiger partial charge >= 0.3 is 0 Å². The van der Waals surface area contributed by atoms with Crippen molar-refractivity contribution in [3.63, 3.8) is 0 Å². The standard InChI is InChI=1S/C21H16N4O4/c26-17-7-8-18(27)24(17)13-3-1-12(2-4-13)21-22-15-6-5-14(11-16(15)23-21)25-19(28)9-10-20(25)29/h1-6,11H,7-10H2,(H,22,23). The van der Waals surface area contributed by atoms with Gasteiger partial charge in [-0.3, -0.25) is 29.0 Å². The topological polar surface area (TPSA) is 103 Å². The van der Waals surface area contributed by atoms with E-state index in [-0.39, 0.29) is 49.3 Å². The van der Waals surface area contributed by atoms with Gasteiger partial charge in [-0.25, -0.2) is 4.98 Å². The minimum atomic E-state index is -0.198. The van der Waals surface area contributed by atoms with Gasteiger partial charge in [-0.15, -0.1) is 0 Å². The molecule has 0 atom stereocenters. The molecule has 3 heterocycles. The van der Waals surface area contributed by atoms with Crippen molar-refractivity contribution in [3.8, 4) is 11.4 Å². The lowest BCUT2D eigenvalue weighted by Gasteiger charge is -2.13. The van der Waals surface area contributed by atoms with Crippen LogP contribution in [0.4, 0.5) is 11.4 Å². The third kappa shape index (κ3) is 2.80. The number of benzene rings is 2. The third-order valence-electron chi connectivity index (χ3n) is 5.23. The van der Waals surface area contributed by atoms with E-state index in [0.717, 1.165) is 5.56 Å². The fourth-order valence-electron chi connectivity index (χ4n) is 3.77. The molecule has 2 aliphatic rings. The van der Waals surface area contributed by atoms with Gasteiger partial charge in [0.1, 0.15) is 5.82 Å². The predicted octanol–water partition coefficient (Wildman–Crippen LogP) is 2.54. The summed E-state index contributed by atoms with van der Waals surface area (Å²) in [6.07, 6.45) is 0.960. The average molecular weight is 388 g/mol. The van der Waals surface area contributed by atoms with Gasteiger partial charge in [0.05, 0.1) is 22.4 Å². The number of aromatic nitrogens is 2. The van der Waals surface area contributed by atoms with Crippen molar-refractivity contribution < 1.29 is 19.2 Å². The minimum absolute atomic E-state index is 0.190. The Labute approximate surface area is 165 Å². The maximum Gasteiger partial charge on any atom is 0.234 e. The number of rotatable bonds is 3. The van der Waals surface area contributed by atoms with Gasteiger partial charge in [0.15, 0.2) is 0 Å². The molecule has 2 fully saturated rings. The Morgan fingerprint density at radius 2 is 1.21 bits per heavy atom. The highest BCUT2D eigenvalue weighted by atomic mass is 16.2. The first kappa shape index (κ1) is 17.3. The van der Waals surface area contributed by atoms with Gasteiger partial charge < -0.3 is 4.98 Å². The second-order valence-corrected chi connectivity index (χ2v) is 7.08. The summed E-state index contributed by atoms with van der Waals surface area (Å²) in [6.45, 7) is 0. The van der Waals surface area contributed by atoms with Crippen LogP contribution < -0.4 is 9.80 Å². The summed E-state index contributed by atoms with van der Waals surface area (Å²) in [7, 11) is 0. The van der Waals surface area contributed by atoms with Crippen LogP contribution in [0.3, 0.4) is 0 Å². The highest BCUT2D eigenvalue weighted by Gasteiger charge is 2.31. The minimum Gasteiger partial charge on any atom is -0.338 e. The molecule has 3 aromatic rings. The smallest absolute Gasteiger partial charge is 0.234 e. The van der Waals surface area contributed by atoms with E-state index >= 15 is 0 Å². The van der Waals surface area contributed by atoms with E-state index in [0.29, 0.717) is 28.2 Å². The normalized spacial score (nSPS) is 17.2. The van der Waals surface area contributed by atoms with Gasteiger partial charge in [-0.2, -0.15) is 0 Å². The van der Waals surface area contributed by atoms with Crippen LogP contribution in [0.5, 0.6) is 0 Å². The Morgan fingerprint density at radius 3 is 1.79 bits per heavy atom. The zero-order valence-electron chi connectivity index (χ0n) is 15.3. The summed E-state index contributed by atoms with van der Waals surface area (Å²) in [5.41, 5.74) is 3.28. The molecule has 2 aliphatic heterocycles. The van der Waals surface area contributed by atoms with E-state index in [1.54, 1.807) is 42.5 Å². The van der Waals surface area contributed by atoms with Crippen LogP contribution in [0.15, 0.2) is 42.5 Å². The summed E-state index contributed by atoms with van der Waals surface area (Å²) < 4.78 is 0. The number of amides is 4. The van der Waals surface area contributed by atoms with Crippen molar-refractivity contribution in [1.82, 2.24) is 9.97 Å². The van der Waals surface area contributed by atoms with Crippen LogP contribution in [-0.2, 0) is 19.2 Å². The number of imide groups is 2. The average Bonchev–Trinajstić information content (AvgIpc) is 3.38. The molecule has 8 heteroatoms. The molecule has 0 radical (unpaired) electrons. The monoisotopic (exact) mass is 388 g/mol. The molecule has 0 saturated carbocycles. The molecule has 2 saturated heterocycles. The molecule has 144 valence electrons. The van der Waals surface area contributed by atoms with Crippen LogP contribution in [-0.4, -0.2) is 33.6 Å². The van der Waals surface area contributed by atoms with E-state index in [2.05, 4.69) is 9.97 Å². The SMILES string of the molecule is O=C1CCC(=O)N1c1ccc(-c2nc3ccc(N4C(=O)CCC4=O)cc3[nH]2)cc1. The van der Waals surface area contributed by atoms with Crippen molar-refractivity contribution in [3.05, 3.63) is 42.5 Å². The molecule has 29 heavy (non-hydrogen) atoms. The maximum atomic E-state index is 12.0. The second-order valence-electron chi connectivity index (χ2n) is 7.08. The molecular weight excluding hydrogens is 372 g/mol. The van der Waals surface area contributed by atoms with E-state index in [1.807, 2.05) is 0 Å². The Hall–Kier alpha value is -3.81. The number of carbonyl (C=O) groups is 4. The number of hydrogen-bond acceptors (Lipinski definition) is 5. The van der Waals surface area contributed by atoms with Gasteiger partial charge in [0, 0.05) is 31.2 Å². The zero-order valence-corrected chi connectivity index (χ0v) is 15.3. The second kappa shape index (κ2) is 6.37. The highest BCUT2D eigenvalue weighted by molar-refractivity contribution is 6.20. The molecule has 0 aliphatic carbocycles. The summed E-state index contributed by atoms with van der Waals surface area (Å²) in [5.74, 6) is -0.164. The number of carbonyl (C=O) groups excluding carboxylic acids is 4. The zero-order chi connectivity index (χ0) is 20.1. The molecular formula is C21H16N4O4. The molecule has 0 bridgehead atoms. The lowest BCUT2D eigenvalue weighted by molar-refractivity contribution is -0.122. The summed E-state index contributed by atoms with van der Waals surface area (Å²) >= 11 is 0. The van der Waals surface area contributed by atoms with Gasteiger partial charge in [-0.05, 0) is 42.5 Å². The first-order valence-electron chi connectivity index (χ1n) is 9.33. The molecule has 8 nitrogen and oxygen atoms in total. The van der Waals surface area contributed by atoms with Gasteiger partial charge in [0.25, 0.3) is 0 Å². The molecule has 0 spiro atoms. The molecule has 4 amide bonds. The lowest BCUT2D eigenvalue weighted by Crippen LogP contribution is -2.28. The number of anilines is 2. The lowest BCUT2D eigenvalue weighted by atomic mass is 10.2. The Kier molecular flexibility index (Phi) is 3.80. The van der Waals surface area contributed by atoms with Crippen LogP contribution in [0.2, 0.25) is 0 Å². The van der Waals surface area contributed by atoms with Crippen molar-refractivity contribution in [2.45, 2.75) is 25.7 Å². The fraction of sp³-hybridized carbons (Fsp3) is 0.190. The fourth-order valence-corrected chi connectivity index (χ4v) is 3.77. The molecule has 2 aromatic carbocycles. The third-order valence-corrected chi connectivity index (χ3v) is 5.23. The highest BCUT2D eigenvalue weighted by Crippen LogP contribution is 2.29. The van der Waals surface area contributed by atoms with Crippen molar-refractivity contribution >= 4 is 46.0 Å². The number of imidazole rings is 1. The van der Waals surface area contributed by atoms with Crippen molar-refractivity contribution in [1.29, 1.82) is 0 Å². The van der Waals surface area contributed by atoms with Crippen LogP contribution >= 0.6 is 0 Å². The molecule has 1 aromatic heterocycles. The van der Waals surface area contributed by atoms with E-state index in [1.165, 1.54) is 9.80 Å². The Morgan fingerprint density at radius 1 is 0.690 bits per heavy atom. The largest absolute Gasteiger partial charge is 0.338 e. The van der Waals surface area contributed by atoms with Crippen molar-refractivity contribution in [2.75, 3.05) is 9.80 Å². The van der Waals surface area contributed by atoms with Crippen LogP contribution in [0.25, 0.3) is 22.4 Å². The summed E-state index contributed by atoms with van der Waals surface area (Å²) in [4.78, 5) is 57.9. The first-order valence-corrected chi connectivity index (χ1v) is 9.33.